The lowest BCUT2D eigenvalue weighted by atomic mass is 10.1. The first-order valence-electron chi connectivity index (χ1n) is 6.03. The highest BCUT2D eigenvalue weighted by atomic mass is 35.5. The number of amides is 1. The maximum Gasteiger partial charge on any atom is 0.224 e. The van der Waals surface area contributed by atoms with E-state index in [1.165, 1.54) is 0 Å². The molecule has 0 atom stereocenters. The number of benzene rings is 1. The minimum absolute atomic E-state index is 0.0854. The van der Waals surface area contributed by atoms with Crippen molar-refractivity contribution in [1.82, 2.24) is 5.32 Å². The third-order valence-corrected chi connectivity index (χ3v) is 4.19. The molecule has 0 bridgehead atoms. The summed E-state index contributed by atoms with van der Waals surface area (Å²) in [6.45, 7) is 0.821. The zero-order chi connectivity index (χ0) is 14.1. The van der Waals surface area contributed by atoms with E-state index in [0.29, 0.717) is 22.2 Å². The second kappa shape index (κ2) is 9.48. The summed E-state index contributed by atoms with van der Waals surface area (Å²) in [5.41, 5.74) is 0.663. The van der Waals surface area contributed by atoms with Gasteiger partial charge in [0.1, 0.15) is 0 Å². The minimum atomic E-state index is -0.0854. The molecular formula is C13H17Cl2NO2S. The molecule has 0 saturated heterocycles. The molecule has 1 aromatic rings. The molecule has 2 N–H and O–H groups in total. The molecular weight excluding hydrogens is 305 g/mol. The average Bonchev–Trinajstić information content (AvgIpc) is 2.38. The Labute approximate surface area is 127 Å². The van der Waals surface area contributed by atoms with E-state index < -0.39 is 0 Å². The first kappa shape index (κ1) is 16.6. The van der Waals surface area contributed by atoms with E-state index in [1.807, 2.05) is 0 Å². The fourth-order valence-corrected chi connectivity index (χ4v) is 2.77. The Morgan fingerprint density at radius 2 is 1.95 bits per heavy atom. The number of aliphatic hydroxyl groups is 1. The van der Waals surface area contributed by atoms with Gasteiger partial charge in [0.15, 0.2) is 0 Å². The van der Waals surface area contributed by atoms with Crippen molar-refractivity contribution in [2.24, 2.45) is 0 Å². The molecule has 1 amide bonds. The first-order valence-corrected chi connectivity index (χ1v) is 7.94. The molecule has 0 aliphatic carbocycles. The van der Waals surface area contributed by atoms with E-state index in [9.17, 15) is 4.79 Å². The normalized spacial score (nSPS) is 10.5. The van der Waals surface area contributed by atoms with Gasteiger partial charge in [-0.1, -0.05) is 29.3 Å². The summed E-state index contributed by atoms with van der Waals surface area (Å²) >= 11 is 13.7. The number of rotatable bonds is 8. The van der Waals surface area contributed by atoms with Gasteiger partial charge in [0.05, 0.1) is 6.42 Å². The molecule has 0 unspecified atom stereocenters. The number of aliphatic hydroxyl groups excluding tert-OH is 1. The molecule has 106 valence electrons. The number of carbonyl (C=O) groups excluding carboxylic acids is 1. The van der Waals surface area contributed by atoms with Gasteiger partial charge in [-0.3, -0.25) is 4.79 Å². The van der Waals surface area contributed by atoms with Crippen molar-refractivity contribution in [3.63, 3.8) is 0 Å². The van der Waals surface area contributed by atoms with Gasteiger partial charge in [0.2, 0.25) is 5.91 Å². The third-order valence-electron chi connectivity index (χ3n) is 2.41. The van der Waals surface area contributed by atoms with Gasteiger partial charge in [-0.25, -0.2) is 0 Å². The molecule has 19 heavy (non-hydrogen) atoms. The number of carbonyl (C=O) groups is 1. The van der Waals surface area contributed by atoms with E-state index in [-0.39, 0.29) is 18.9 Å². The highest BCUT2D eigenvalue weighted by Crippen LogP contribution is 2.24. The Hall–Kier alpha value is -0.420. The Balaban J connectivity index is 2.28. The lowest BCUT2D eigenvalue weighted by molar-refractivity contribution is -0.120. The second-order valence-electron chi connectivity index (χ2n) is 3.92. The van der Waals surface area contributed by atoms with E-state index >= 15 is 0 Å². The van der Waals surface area contributed by atoms with Crippen LogP contribution < -0.4 is 5.32 Å². The van der Waals surface area contributed by atoms with Crippen molar-refractivity contribution in [2.45, 2.75) is 12.8 Å². The van der Waals surface area contributed by atoms with Crippen LogP contribution in [0.5, 0.6) is 0 Å². The Kier molecular flexibility index (Phi) is 8.30. The Morgan fingerprint density at radius 3 is 2.58 bits per heavy atom. The Morgan fingerprint density at radius 1 is 1.26 bits per heavy atom. The van der Waals surface area contributed by atoms with E-state index in [4.69, 9.17) is 28.3 Å². The standard InChI is InChI=1S/C13H17Cl2NO2S/c14-11-3-1-4-12(15)10(11)9-13(18)16-5-8-19-7-2-6-17/h1,3-4,17H,2,5-9H2,(H,16,18). The maximum atomic E-state index is 11.7. The van der Waals surface area contributed by atoms with Gasteiger partial charge in [-0.2, -0.15) is 11.8 Å². The van der Waals surface area contributed by atoms with Crippen LogP contribution in [0, 0.1) is 0 Å². The van der Waals surface area contributed by atoms with Gasteiger partial charge in [-0.15, -0.1) is 0 Å². The van der Waals surface area contributed by atoms with Crippen LogP contribution in [0.25, 0.3) is 0 Å². The average molecular weight is 322 g/mol. The molecule has 1 rings (SSSR count). The largest absolute Gasteiger partial charge is 0.396 e. The number of halogens is 2. The smallest absolute Gasteiger partial charge is 0.224 e. The summed E-state index contributed by atoms with van der Waals surface area (Å²) in [6, 6.07) is 5.20. The zero-order valence-corrected chi connectivity index (χ0v) is 12.8. The first-order chi connectivity index (χ1) is 9.15. The van der Waals surface area contributed by atoms with Crippen molar-refractivity contribution in [3.05, 3.63) is 33.8 Å². The third kappa shape index (κ3) is 6.52. The highest BCUT2D eigenvalue weighted by Gasteiger charge is 2.10. The summed E-state index contributed by atoms with van der Waals surface area (Å²) in [7, 11) is 0. The van der Waals surface area contributed by atoms with E-state index in [2.05, 4.69) is 5.32 Å². The van der Waals surface area contributed by atoms with Crippen LogP contribution in [0.1, 0.15) is 12.0 Å². The number of nitrogens with one attached hydrogen (secondary N) is 1. The molecule has 0 aromatic heterocycles. The van der Waals surface area contributed by atoms with Crippen molar-refractivity contribution in [3.8, 4) is 0 Å². The van der Waals surface area contributed by atoms with Gasteiger partial charge < -0.3 is 10.4 Å². The lowest BCUT2D eigenvalue weighted by Crippen LogP contribution is -2.27. The number of thioether (sulfide) groups is 1. The molecule has 0 heterocycles. The van der Waals surface area contributed by atoms with Crippen LogP contribution in [0.4, 0.5) is 0 Å². The van der Waals surface area contributed by atoms with Crippen molar-refractivity contribution in [2.75, 3.05) is 24.7 Å². The maximum absolute atomic E-state index is 11.7. The molecule has 0 aliphatic heterocycles. The van der Waals surface area contributed by atoms with E-state index in [0.717, 1.165) is 17.9 Å². The Bertz CT molecular complexity index is 395. The van der Waals surface area contributed by atoms with Crippen LogP contribution in [-0.2, 0) is 11.2 Å². The molecule has 0 spiro atoms. The predicted octanol–water partition coefficient (Wildman–Crippen LogP) is 2.77. The summed E-state index contributed by atoms with van der Waals surface area (Å²) in [5.74, 6) is 1.66. The van der Waals surface area contributed by atoms with Gasteiger partial charge >= 0.3 is 0 Å². The molecule has 0 aliphatic rings. The molecule has 6 heteroatoms. The summed E-state index contributed by atoms with van der Waals surface area (Å²) < 4.78 is 0. The second-order valence-corrected chi connectivity index (χ2v) is 5.96. The topological polar surface area (TPSA) is 49.3 Å². The van der Waals surface area contributed by atoms with Gasteiger partial charge in [-0.05, 0) is 29.9 Å². The fraction of sp³-hybridized carbons (Fsp3) is 0.462. The van der Waals surface area contributed by atoms with Crippen LogP contribution >= 0.6 is 35.0 Å². The van der Waals surface area contributed by atoms with Crippen molar-refractivity contribution in [1.29, 1.82) is 0 Å². The quantitative estimate of drug-likeness (QED) is 0.724. The van der Waals surface area contributed by atoms with Crippen LogP contribution in [0.2, 0.25) is 10.0 Å². The molecule has 3 nitrogen and oxygen atoms in total. The summed E-state index contributed by atoms with van der Waals surface area (Å²) in [5, 5.41) is 12.5. The number of hydrogen-bond donors (Lipinski definition) is 2. The zero-order valence-electron chi connectivity index (χ0n) is 10.5. The minimum Gasteiger partial charge on any atom is -0.396 e. The fourth-order valence-electron chi connectivity index (χ4n) is 1.46. The molecule has 0 fully saturated rings. The van der Waals surface area contributed by atoms with E-state index in [1.54, 1.807) is 30.0 Å². The van der Waals surface area contributed by atoms with Crippen molar-refractivity contribution < 1.29 is 9.90 Å². The monoisotopic (exact) mass is 321 g/mol. The molecule has 1 aromatic carbocycles. The lowest BCUT2D eigenvalue weighted by Gasteiger charge is -2.08. The van der Waals surface area contributed by atoms with Gasteiger partial charge in [0, 0.05) is 28.9 Å². The number of hydrogen-bond acceptors (Lipinski definition) is 3. The SMILES string of the molecule is O=C(Cc1c(Cl)cccc1Cl)NCCSCCCO. The molecule has 0 radical (unpaired) electrons. The van der Waals surface area contributed by atoms with Gasteiger partial charge in [0.25, 0.3) is 0 Å². The van der Waals surface area contributed by atoms with Crippen LogP contribution in [0.3, 0.4) is 0 Å². The highest BCUT2D eigenvalue weighted by molar-refractivity contribution is 7.99. The van der Waals surface area contributed by atoms with Crippen LogP contribution in [0.15, 0.2) is 18.2 Å². The molecule has 0 saturated carbocycles. The van der Waals surface area contributed by atoms with Crippen LogP contribution in [-0.4, -0.2) is 35.7 Å². The van der Waals surface area contributed by atoms with Crippen molar-refractivity contribution >= 4 is 40.9 Å². The summed E-state index contributed by atoms with van der Waals surface area (Å²) in [4.78, 5) is 11.7. The summed E-state index contributed by atoms with van der Waals surface area (Å²) in [6.07, 6.45) is 0.980. The predicted molar refractivity (Wildman–Crippen MR) is 82.2 cm³/mol.